The van der Waals surface area contributed by atoms with Crippen molar-refractivity contribution in [3.8, 4) is 39.5 Å². The van der Waals surface area contributed by atoms with Crippen molar-refractivity contribution in [2.24, 2.45) is 0 Å². The van der Waals surface area contributed by atoms with E-state index in [1.807, 2.05) is 31.2 Å². The maximum atomic E-state index is 6.09. The van der Waals surface area contributed by atoms with E-state index in [1.54, 1.807) is 0 Å². The molecule has 4 aromatic heterocycles. The van der Waals surface area contributed by atoms with Gasteiger partial charge in [0.15, 0.2) is 0 Å². The molecule has 1 radical (unpaired) electrons. The number of nitrogens with zero attached hydrogens (tertiary/aromatic N) is 4. The van der Waals surface area contributed by atoms with Gasteiger partial charge in [-0.05, 0) is 58.4 Å². The van der Waals surface area contributed by atoms with Crippen molar-refractivity contribution >= 4 is 50.8 Å². The fourth-order valence-corrected chi connectivity index (χ4v) is 11.7. The first kappa shape index (κ1) is 43.0. The van der Waals surface area contributed by atoms with Crippen molar-refractivity contribution in [2.75, 3.05) is 0 Å². The van der Waals surface area contributed by atoms with Gasteiger partial charge < -0.3 is 4.57 Å². The molecule has 305 valence electrons. The Hall–Kier alpha value is -5.14. The maximum Gasteiger partial charge on any atom is 0 e. The molecule has 0 aliphatic heterocycles. The predicted molar refractivity (Wildman–Crippen MR) is 250 cm³/mol. The smallest absolute Gasteiger partial charge is 0 e. The van der Waals surface area contributed by atoms with Gasteiger partial charge in [0.2, 0.25) is 0 Å². The van der Waals surface area contributed by atoms with E-state index in [1.165, 1.54) is 43.5 Å². The van der Waals surface area contributed by atoms with Gasteiger partial charge in [-0.2, -0.15) is 0 Å². The molecular weight excluding hydrogens is 973 g/mol. The minimum atomic E-state index is -1.91. The van der Waals surface area contributed by atoms with Gasteiger partial charge in [0.1, 0.15) is 0 Å². The van der Waals surface area contributed by atoms with E-state index in [4.69, 9.17) is 14.4 Å². The zero-order chi connectivity index (χ0) is 41.6. The van der Waals surface area contributed by atoms with E-state index in [0.29, 0.717) is 17.5 Å². The number of aromatic nitrogens is 4. The second-order valence-corrected chi connectivity index (χ2v) is 27.9. The van der Waals surface area contributed by atoms with Gasteiger partial charge in [-0.1, -0.05) is 77.1 Å². The van der Waals surface area contributed by atoms with Crippen molar-refractivity contribution < 1.29 is 24.5 Å². The molecule has 0 N–H and O–H groups in total. The molecule has 0 amide bonds. The van der Waals surface area contributed by atoms with Crippen LogP contribution in [0.25, 0.3) is 72.6 Å². The predicted octanol–water partition coefficient (Wildman–Crippen LogP) is 13.7. The molecule has 5 nitrogen and oxygen atoms in total. The third-order valence-electron chi connectivity index (χ3n) is 11.1. The van der Waals surface area contributed by atoms with Crippen molar-refractivity contribution in [1.82, 2.24) is 19.5 Å². The van der Waals surface area contributed by atoms with Gasteiger partial charge in [-0.15, -0.1) is 35.4 Å². The molecule has 9 rings (SSSR count). The topological polar surface area (TPSA) is 56.7 Å². The zero-order valence-electron chi connectivity index (χ0n) is 36.2. The Bertz CT molecular complexity index is 2940. The van der Waals surface area contributed by atoms with Crippen LogP contribution in [0.5, 0.6) is 0 Å². The van der Waals surface area contributed by atoms with E-state index in [9.17, 15) is 0 Å². The van der Waals surface area contributed by atoms with E-state index >= 15 is 0 Å². The summed E-state index contributed by atoms with van der Waals surface area (Å²) in [6, 6.07) is 47.2. The summed E-state index contributed by atoms with van der Waals surface area (Å²) in [5.74, 6) is 8.83. The third-order valence-corrected chi connectivity index (χ3v) is 15.6. The molecule has 7 heteroatoms. The molecule has 5 aromatic carbocycles. The number of imidazole rings is 1. The average molecular weight is 1030 g/mol. The summed E-state index contributed by atoms with van der Waals surface area (Å²) < 4.78 is 9.90. The fraction of sp³-hybridized carbons (Fsp3) is 0.226. The van der Waals surface area contributed by atoms with Crippen LogP contribution in [0.2, 0.25) is 17.3 Å². The summed E-state index contributed by atoms with van der Waals surface area (Å²) in [4.78, 5) is 14.4. The van der Waals surface area contributed by atoms with Crippen molar-refractivity contribution in [3.63, 3.8) is 0 Å². The second kappa shape index (κ2) is 17.5. The maximum absolute atomic E-state index is 6.09. The molecule has 0 unspecified atom stereocenters. The Morgan fingerprint density at radius 3 is 2.03 bits per heavy atom. The zero-order valence-corrected chi connectivity index (χ0v) is 40.7. The molecule has 0 fully saturated rings. The first-order valence-electron chi connectivity index (χ1n) is 20.7. The van der Waals surface area contributed by atoms with Gasteiger partial charge in [0.25, 0.3) is 0 Å². The van der Waals surface area contributed by atoms with Crippen LogP contribution in [0.4, 0.5) is 0 Å². The van der Waals surface area contributed by atoms with Gasteiger partial charge >= 0.3 is 150 Å². The number of hydrogen-bond acceptors (Lipinski definition) is 4. The Morgan fingerprint density at radius 2 is 1.37 bits per heavy atom. The van der Waals surface area contributed by atoms with E-state index in [-0.39, 0.29) is 20.1 Å². The van der Waals surface area contributed by atoms with Crippen molar-refractivity contribution in [1.29, 1.82) is 0 Å². The minimum Gasteiger partial charge on any atom is 0 e. The number of aryl methyl sites for hydroxylation is 3. The van der Waals surface area contributed by atoms with E-state index < -0.39 is 13.3 Å². The quantitative estimate of drug-likeness (QED) is 0.118. The van der Waals surface area contributed by atoms with Crippen LogP contribution >= 0.6 is 0 Å². The van der Waals surface area contributed by atoms with Crippen LogP contribution in [0, 0.1) is 32.9 Å². The van der Waals surface area contributed by atoms with Crippen LogP contribution in [-0.4, -0.2) is 32.8 Å². The number of hydrogen-bond donors (Lipinski definition) is 0. The molecule has 0 saturated heterocycles. The van der Waals surface area contributed by atoms with Crippen molar-refractivity contribution in [3.05, 3.63) is 162 Å². The van der Waals surface area contributed by atoms with Gasteiger partial charge in [-0.25, -0.2) is 0 Å². The van der Waals surface area contributed by atoms with Crippen LogP contribution in [0.15, 0.2) is 126 Å². The van der Waals surface area contributed by atoms with Gasteiger partial charge in [0.05, 0.1) is 16.9 Å². The van der Waals surface area contributed by atoms with Crippen molar-refractivity contribution in [2.45, 2.75) is 77.6 Å². The number of benzene rings is 5. The summed E-state index contributed by atoms with van der Waals surface area (Å²) in [7, 11) is 0. The normalized spacial score (nSPS) is 11.7. The van der Waals surface area contributed by atoms with E-state index in [2.05, 4.69) is 178 Å². The molecule has 0 bridgehead atoms. The number of fused-ring (bicyclic) bond motifs is 4. The average Bonchev–Trinajstić information content (AvgIpc) is 3.78. The molecule has 0 atom stereocenters. The Morgan fingerprint density at radius 1 is 0.683 bits per heavy atom. The summed E-state index contributed by atoms with van der Waals surface area (Å²) in [5.41, 5.74) is 16.4. The first-order valence-corrected chi connectivity index (χ1v) is 28.0. The number of pyridine rings is 2. The monoisotopic (exact) mass is 1030 g/mol. The number of para-hydroxylation sites is 2. The Labute approximate surface area is 371 Å². The van der Waals surface area contributed by atoms with Gasteiger partial charge in [0, 0.05) is 25.8 Å². The Kier molecular flexibility index (Phi) is 12.5. The number of rotatable bonds is 7. The van der Waals surface area contributed by atoms with Gasteiger partial charge in [-0.3, -0.25) is 4.98 Å². The Balaban J connectivity index is 0.000000187. The first-order chi connectivity index (χ1) is 28.3. The summed E-state index contributed by atoms with van der Waals surface area (Å²) in [5, 5.41) is 2.10. The summed E-state index contributed by atoms with van der Waals surface area (Å²) in [6.07, 6.45) is 2.06. The molecule has 4 heterocycles. The number of furan rings is 1. The SMILES string of the molecule is Cc1cc[c-]c(-c2nc3ccccc3n2-c2c(C(C)C)cc(-c3ccccc3)cc2C(C)C)c1.Cc1ccc2c(n1)oc1c(-c3cc(C)[c]([Ge]([CH3])([CH3])[CH3])cn3)[c-]ccc12.[Ir]. The molecule has 9 aromatic rings. The largest absolute Gasteiger partial charge is 0 e. The van der Waals surface area contributed by atoms with Crippen LogP contribution < -0.4 is 4.40 Å². The summed E-state index contributed by atoms with van der Waals surface area (Å²) in [6.45, 7) is 15.4. The second-order valence-electron chi connectivity index (χ2n) is 17.4. The van der Waals surface area contributed by atoms with Crippen LogP contribution in [0.3, 0.4) is 0 Å². The molecule has 0 aliphatic carbocycles. The third kappa shape index (κ3) is 8.43. The standard InChI is InChI=1S/C32H31N2.C21H21GeN2O.Ir/c1-21(2)27-19-26(24-13-7-6-8-14-24)20-28(22(3)4)31(27)34-30-17-10-9-16-29(30)33-32(34)25-15-11-12-23(5)18-25;1-13-11-19(23-12-18(13)22(3,4)5)17-8-6-7-15-16-10-9-14(2)24-21(16)25-20(15)17;/h6-14,16-22H,1-5H3;6-7,9-12H,1-5H3;/q2*-1;. The molecular formula is C53H52GeIrN4O-2. The van der Waals surface area contributed by atoms with Crippen LogP contribution in [-0.2, 0) is 20.1 Å². The molecule has 0 saturated carbocycles. The molecule has 60 heavy (non-hydrogen) atoms. The molecule has 0 aliphatic rings. The molecule has 0 spiro atoms. The summed E-state index contributed by atoms with van der Waals surface area (Å²) >= 11 is -1.91. The van der Waals surface area contributed by atoms with Crippen LogP contribution in [0.1, 0.15) is 67.5 Å². The van der Waals surface area contributed by atoms with E-state index in [0.717, 1.165) is 55.7 Å². The fourth-order valence-electron chi connectivity index (χ4n) is 8.14. The minimum absolute atomic E-state index is 0.